The topological polar surface area (TPSA) is 80.3 Å². The molecule has 0 aliphatic heterocycles. The van der Waals surface area contributed by atoms with Gasteiger partial charge in [-0.05, 0) is 38.7 Å². The van der Waals surface area contributed by atoms with Crippen molar-refractivity contribution < 1.29 is 14.3 Å². The second-order valence-electron chi connectivity index (χ2n) is 5.55. The Bertz CT molecular complexity index is 572. The van der Waals surface area contributed by atoms with Gasteiger partial charge < -0.3 is 15.4 Å². The first-order valence-corrected chi connectivity index (χ1v) is 8.24. The van der Waals surface area contributed by atoms with Crippen LogP contribution >= 0.6 is 11.6 Å². The first-order valence-electron chi connectivity index (χ1n) is 7.87. The van der Waals surface area contributed by atoms with E-state index in [9.17, 15) is 9.59 Å². The molecule has 23 heavy (non-hydrogen) atoms. The average Bonchev–Trinajstić information content (AvgIpc) is 2.56. The zero-order valence-corrected chi connectivity index (χ0v) is 14.2. The summed E-state index contributed by atoms with van der Waals surface area (Å²) >= 11 is 6.06. The quantitative estimate of drug-likeness (QED) is 0.861. The summed E-state index contributed by atoms with van der Waals surface area (Å²) in [4.78, 5) is 28.1. The van der Waals surface area contributed by atoms with Gasteiger partial charge in [-0.2, -0.15) is 0 Å². The van der Waals surface area contributed by atoms with E-state index in [-0.39, 0.29) is 29.5 Å². The predicted molar refractivity (Wildman–Crippen MR) is 87.7 cm³/mol. The van der Waals surface area contributed by atoms with Crippen LogP contribution in [0.25, 0.3) is 0 Å². The Kier molecular flexibility index (Phi) is 6.21. The monoisotopic (exact) mass is 339 g/mol. The largest absolute Gasteiger partial charge is 0.478 e. The molecular formula is C16H22ClN3O3. The standard InChI is InChI=1S/C16H22ClN3O3/c1-3-23-13-9-8-12(17)14(20-13)16(22)19-11-6-4-10(5-7-11)15(21)18-2/h8-11H,3-7H2,1-2H3,(H,18,21)(H,19,22). The minimum Gasteiger partial charge on any atom is -0.478 e. The maximum atomic E-state index is 12.4. The van der Waals surface area contributed by atoms with Crippen molar-refractivity contribution in [2.75, 3.05) is 13.7 Å². The van der Waals surface area contributed by atoms with Gasteiger partial charge in [0.15, 0.2) is 5.69 Å². The minimum atomic E-state index is -0.306. The SMILES string of the molecule is CCOc1ccc(Cl)c(C(=O)NC2CCC(C(=O)NC)CC2)n1. The lowest BCUT2D eigenvalue weighted by molar-refractivity contribution is -0.125. The highest BCUT2D eigenvalue weighted by molar-refractivity contribution is 6.33. The Hall–Kier alpha value is -1.82. The number of nitrogens with one attached hydrogen (secondary N) is 2. The number of hydrogen-bond donors (Lipinski definition) is 2. The van der Waals surface area contributed by atoms with Crippen LogP contribution in [0.2, 0.25) is 5.02 Å². The van der Waals surface area contributed by atoms with Crippen LogP contribution in [0.15, 0.2) is 12.1 Å². The molecule has 0 saturated heterocycles. The van der Waals surface area contributed by atoms with Crippen LogP contribution in [0.3, 0.4) is 0 Å². The van der Waals surface area contributed by atoms with Crippen LogP contribution in [0.4, 0.5) is 0 Å². The molecule has 0 radical (unpaired) electrons. The van der Waals surface area contributed by atoms with Gasteiger partial charge >= 0.3 is 0 Å². The molecule has 0 unspecified atom stereocenters. The third-order valence-corrected chi connectivity index (χ3v) is 4.31. The van der Waals surface area contributed by atoms with Crippen molar-refractivity contribution in [2.24, 2.45) is 5.92 Å². The van der Waals surface area contributed by atoms with E-state index < -0.39 is 0 Å². The van der Waals surface area contributed by atoms with Gasteiger partial charge in [-0.25, -0.2) is 4.98 Å². The van der Waals surface area contributed by atoms with Gasteiger partial charge in [0.1, 0.15) is 0 Å². The molecule has 1 aromatic heterocycles. The maximum Gasteiger partial charge on any atom is 0.271 e. The molecule has 2 rings (SSSR count). The van der Waals surface area contributed by atoms with Crippen LogP contribution in [0.1, 0.15) is 43.1 Å². The van der Waals surface area contributed by atoms with Crippen molar-refractivity contribution in [1.29, 1.82) is 0 Å². The molecule has 0 spiro atoms. The number of ether oxygens (including phenoxy) is 1. The van der Waals surface area contributed by atoms with E-state index in [1.807, 2.05) is 6.92 Å². The van der Waals surface area contributed by atoms with E-state index >= 15 is 0 Å². The molecular weight excluding hydrogens is 318 g/mol. The highest BCUT2D eigenvalue weighted by Gasteiger charge is 2.27. The molecule has 126 valence electrons. The minimum absolute atomic E-state index is 0.0381. The van der Waals surface area contributed by atoms with E-state index in [4.69, 9.17) is 16.3 Å². The molecule has 0 bridgehead atoms. The molecule has 6 nitrogen and oxygen atoms in total. The predicted octanol–water partition coefficient (Wildman–Crippen LogP) is 2.17. The fourth-order valence-corrected chi connectivity index (χ4v) is 2.96. The Morgan fingerprint density at radius 2 is 2.00 bits per heavy atom. The zero-order chi connectivity index (χ0) is 16.8. The summed E-state index contributed by atoms with van der Waals surface area (Å²) in [5.41, 5.74) is 0.172. The third kappa shape index (κ3) is 4.58. The van der Waals surface area contributed by atoms with Gasteiger partial charge in [0.25, 0.3) is 5.91 Å². The van der Waals surface area contributed by atoms with Crippen molar-refractivity contribution in [1.82, 2.24) is 15.6 Å². The number of nitrogens with zero attached hydrogens (tertiary/aromatic N) is 1. The molecule has 1 aliphatic carbocycles. The highest BCUT2D eigenvalue weighted by Crippen LogP contribution is 2.25. The molecule has 1 aliphatic rings. The Morgan fingerprint density at radius 3 is 2.61 bits per heavy atom. The third-order valence-electron chi connectivity index (χ3n) is 4.01. The Morgan fingerprint density at radius 1 is 1.30 bits per heavy atom. The van der Waals surface area contributed by atoms with Crippen molar-refractivity contribution in [3.8, 4) is 5.88 Å². The molecule has 1 heterocycles. The number of amides is 2. The van der Waals surface area contributed by atoms with Gasteiger partial charge in [0, 0.05) is 25.1 Å². The number of carbonyl (C=O) groups is 2. The summed E-state index contributed by atoms with van der Waals surface area (Å²) in [7, 11) is 1.65. The second kappa shape index (κ2) is 8.15. The summed E-state index contributed by atoms with van der Waals surface area (Å²) in [6.07, 6.45) is 3.08. The van der Waals surface area contributed by atoms with Crippen LogP contribution in [0, 0.1) is 5.92 Å². The summed E-state index contributed by atoms with van der Waals surface area (Å²) in [6.45, 7) is 2.32. The number of carbonyl (C=O) groups excluding carboxylic acids is 2. The molecule has 1 aromatic rings. The molecule has 0 atom stereocenters. The van der Waals surface area contributed by atoms with E-state index in [1.165, 1.54) is 0 Å². The number of halogens is 1. The summed E-state index contributed by atoms with van der Waals surface area (Å²) in [5.74, 6) is 0.186. The smallest absolute Gasteiger partial charge is 0.271 e. The lowest BCUT2D eigenvalue weighted by atomic mass is 9.85. The van der Waals surface area contributed by atoms with E-state index in [1.54, 1.807) is 19.2 Å². The van der Waals surface area contributed by atoms with E-state index in [2.05, 4.69) is 15.6 Å². The molecule has 1 saturated carbocycles. The summed E-state index contributed by atoms with van der Waals surface area (Å²) in [5, 5.41) is 5.92. The maximum absolute atomic E-state index is 12.4. The van der Waals surface area contributed by atoms with Crippen LogP contribution < -0.4 is 15.4 Å². The number of aromatic nitrogens is 1. The van der Waals surface area contributed by atoms with Gasteiger partial charge in [0.05, 0.1) is 11.6 Å². The van der Waals surface area contributed by atoms with Crippen molar-refractivity contribution in [3.63, 3.8) is 0 Å². The molecule has 2 amide bonds. The Balaban J connectivity index is 1.95. The van der Waals surface area contributed by atoms with Crippen LogP contribution in [0.5, 0.6) is 5.88 Å². The average molecular weight is 340 g/mol. The van der Waals surface area contributed by atoms with Crippen molar-refractivity contribution in [3.05, 3.63) is 22.8 Å². The van der Waals surface area contributed by atoms with Crippen LogP contribution in [-0.2, 0) is 4.79 Å². The normalized spacial score (nSPS) is 20.7. The second-order valence-corrected chi connectivity index (χ2v) is 5.96. The lowest BCUT2D eigenvalue weighted by Gasteiger charge is -2.28. The highest BCUT2D eigenvalue weighted by atomic mass is 35.5. The molecule has 7 heteroatoms. The fourth-order valence-electron chi connectivity index (χ4n) is 2.77. The lowest BCUT2D eigenvalue weighted by Crippen LogP contribution is -2.40. The fraction of sp³-hybridized carbons (Fsp3) is 0.562. The van der Waals surface area contributed by atoms with Gasteiger partial charge in [0.2, 0.25) is 11.8 Å². The molecule has 1 fully saturated rings. The summed E-state index contributed by atoms with van der Waals surface area (Å²) < 4.78 is 5.30. The first kappa shape index (κ1) is 17.5. The molecule has 2 N–H and O–H groups in total. The first-order chi connectivity index (χ1) is 11.0. The number of rotatable bonds is 5. The van der Waals surface area contributed by atoms with E-state index in [0.29, 0.717) is 17.5 Å². The molecule has 0 aromatic carbocycles. The number of hydrogen-bond acceptors (Lipinski definition) is 4. The van der Waals surface area contributed by atoms with Crippen LogP contribution in [-0.4, -0.2) is 36.5 Å². The van der Waals surface area contributed by atoms with E-state index in [0.717, 1.165) is 25.7 Å². The Labute approximate surface area is 140 Å². The van der Waals surface area contributed by atoms with Gasteiger partial charge in [-0.15, -0.1) is 0 Å². The summed E-state index contributed by atoms with van der Waals surface area (Å²) in [6, 6.07) is 3.28. The number of pyridine rings is 1. The zero-order valence-electron chi connectivity index (χ0n) is 13.4. The van der Waals surface area contributed by atoms with Crippen molar-refractivity contribution >= 4 is 23.4 Å². The van der Waals surface area contributed by atoms with Gasteiger partial charge in [-0.3, -0.25) is 9.59 Å². The van der Waals surface area contributed by atoms with Crippen molar-refractivity contribution in [2.45, 2.75) is 38.6 Å². The van der Waals surface area contributed by atoms with Gasteiger partial charge in [-0.1, -0.05) is 11.6 Å².